The van der Waals surface area contributed by atoms with Crippen LogP contribution < -0.4 is 9.64 Å². The van der Waals surface area contributed by atoms with Crippen molar-refractivity contribution in [3.05, 3.63) is 60.2 Å². The summed E-state index contributed by atoms with van der Waals surface area (Å²) in [7, 11) is 1.65. The standard InChI is InChI=1S/C22H24N4O3/c1-27-18-9-5-8-17(12-18)21-23-22(29-24-21)26-14-19-20(15-26)28-11-10-25(19)13-16-6-3-2-4-7-16/h2-9,12,19-20H,10-11,13-15H2,1H3. The van der Waals surface area contributed by atoms with E-state index < -0.39 is 0 Å². The number of hydrogen-bond donors (Lipinski definition) is 0. The van der Waals surface area contributed by atoms with Gasteiger partial charge in [-0.25, -0.2) is 0 Å². The van der Waals surface area contributed by atoms with Gasteiger partial charge in [0.05, 0.1) is 32.4 Å². The maximum atomic E-state index is 6.05. The molecule has 0 radical (unpaired) electrons. The van der Waals surface area contributed by atoms with Crippen LogP contribution in [0.25, 0.3) is 11.4 Å². The van der Waals surface area contributed by atoms with Crippen molar-refractivity contribution < 1.29 is 14.0 Å². The lowest BCUT2D eigenvalue weighted by Crippen LogP contribution is -2.50. The quantitative estimate of drug-likeness (QED) is 0.662. The van der Waals surface area contributed by atoms with E-state index in [9.17, 15) is 0 Å². The van der Waals surface area contributed by atoms with Gasteiger partial charge in [0.25, 0.3) is 0 Å². The number of rotatable bonds is 5. The Hall–Kier alpha value is -2.90. The number of aromatic nitrogens is 2. The van der Waals surface area contributed by atoms with Crippen molar-refractivity contribution in [1.82, 2.24) is 15.0 Å². The molecule has 7 heteroatoms. The molecule has 3 aromatic rings. The molecule has 150 valence electrons. The largest absolute Gasteiger partial charge is 0.497 e. The molecule has 7 nitrogen and oxygen atoms in total. The molecule has 0 saturated carbocycles. The molecule has 0 bridgehead atoms. The predicted octanol–water partition coefficient (Wildman–Crippen LogP) is 2.83. The van der Waals surface area contributed by atoms with Crippen LogP contribution >= 0.6 is 0 Å². The minimum Gasteiger partial charge on any atom is -0.497 e. The lowest BCUT2D eigenvalue weighted by molar-refractivity contribution is -0.0499. The Kier molecular flexibility index (Phi) is 4.91. The van der Waals surface area contributed by atoms with Gasteiger partial charge in [-0.1, -0.05) is 47.6 Å². The zero-order chi connectivity index (χ0) is 19.6. The van der Waals surface area contributed by atoms with Crippen LogP contribution in [-0.4, -0.2) is 60.5 Å². The van der Waals surface area contributed by atoms with Gasteiger partial charge >= 0.3 is 6.01 Å². The average molecular weight is 392 g/mol. The lowest BCUT2D eigenvalue weighted by Gasteiger charge is -2.36. The topological polar surface area (TPSA) is 63.9 Å². The fraction of sp³-hybridized carbons (Fsp3) is 0.364. The Morgan fingerprint density at radius 1 is 1.10 bits per heavy atom. The number of anilines is 1. The fourth-order valence-corrected chi connectivity index (χ4v) is 4.15. The number of methoxy groups -OCH3 is 1. The molecule has 0 aliphatic carbocycles. The molecule has 1 aromatic heterocycles. The smallest absolute Gasteiger partial charge is 0.324 e. The second-order valence-electron chi connectivity index (χ2n) is 7.47. The summed E-state index contributed by atoms with van der Waals surface area (Å²) in [5.74, 6) is 1.34. The van der Waals surface area contributed by atoms with E-state index in [1.807, 2.05) is 24.3 Å². The zero-order valence-electron chi connectivity index (χ0n) is 16.4. The molecule has 0 N–H and O–H groups in total. The van der Waals surface area contributed by atoms with E-state index in [1.54, 1.807) is 7.11 Å². The van der Waals surface area contributed by atoms with Crippen molar-refractivity contribution in [3.8, 4) is 17.1 Å². The van der Waals surface area contributed by atoms with Gasteiger partial charge in [-0.3, -0.25) is 4.90 Å². The molecule has 29 heavy (non-hydrogen) atoms. The van der Waals surface area contributed by atoms with Gasteiger partial charge in [0.2, 0.25) is 5.82 Å². The maximum Gasteiger partial charge on any atom is 0.324 e. The molecule has 2 aromatic carbocycles. The van der Waals surface area contributed by atoms with Crippen molar-refractivity contribution >= 4 is 6.01 Å². The Labute approximate surface area is 169 Å². The van der Waals surface area contributed by atoms with Crippen molar-refractivity contribution in [2.45, 2.75) is 18.7 Å². The van der Waals surface area contributed by atoms with Crippen LogP contribution in [0.3, 0.4) is 0 Å². The highest BCUT2D eigenvalue weighted by atomic mass is 16.5. The highest BCUT2D eigenvalue weighted by molar-refractivity contribution is 5.58. The molecule has 2 aliphatic heterocycles. The summed E-state index contributed by atoms with van der Waals surface area (Å²) < 4.78 is 16.9. The van der Waals surface area contributed by atoms with Gasteiger partial charge in [-0.05, 0) is 17.7 Å². The van der Waals surface area contributed by atoms with Crippen LogP contribution in [0.4, 0.5) is 6.01 Å². The number of ether oxygens (including phenoxy) is 2. The molecular weight excluding hydrogens is 368 g/mol. The first-order valence-corrected chi connectivity index (χ1v) is 9.93. The molecule has 3 heterocycles. The van der Waals surface area contributed by atoms with E-state index in [4.69, 9.17) is 14.0 Å². The first kappa shape index (κ1) is 18.1. The summed E-state index contributed by atoms with van der Waals surface area (Å²) in [5.41, 5.74) is 2.20. The number of hydrogen-bond acceptors (Lipinski definition) is 7. The molecule has 2 unspecified atom stereocenters. The SMILES string of the molecule is COc1cccc(-c2noc(N3CC4OCCN(Cc5ccccc5)C4C3)n2)c1. The molecule has 2 aliphatic rings. The lowest BCUT2D eigenvalue weighted by atomic mass is 10.1. The maximum absolute atomic E-state index is 6.05. The number of nitrogens with zero attached hydrogens (tertiary/aromatic N) is 4. The van der Waals surface area contributed by atoms with Gasteiger partial charge in [0.15, 0.2) is 0 Å². The second kappa shape index (κ2) is 7.85. The number of morpholine rings is 1. The van der Waals surface area contributed by atoms with Crippen LogP contribution in [0.15, 0.2) is 59.1 Å². The summed E-state index contributed by atoms with van der Waals surface area (Å²) in [4.78, 5) is 9.26. The summed E-state index contributed by atoms with van der Waals surface area (Å²) in [5, 5.41) is 4.17. The second-order valence-corrected chi connectivity index (χ2v) is 7.47. The average Bonchev–Trinajstić information content (AvgIpc) is 3.42. The van der Waals surface area contributed by atoms with Crippen LogP contribution in [0, 0.1) is 0 Å². The number of benzene rings is 2. The third kappa shape index (κ3) is 3.71. The first-order valence-electron chi connectivity index (χ1n) is 9.93. The van der Waals surface area contributed by atoms with Crippen molar-refractivity contribution in [1.29, 1.82) is 0 Å². The van der Waals surface area contributed by atoms with E-state index in [1.165, 1.54) is 5.56 Å². The van der Waals surface area contributed by atoms with Crippen molar-refractivity contribution in [2.24, 2.45) is 0 Å². The Morgan fingerprint density at radius 3 is 2.86 bits per heavy atom. The molecule has 2 fully saturated rings. The highest BCUT2D eigenvalue weighted by Gasteiger charge is 2.41. The van der Waals surface area contributed by atoms with Gasteiger partial charge in [-0.2, -0.15) is 4.98 Å². The minimum atomic E-state index is 0.152. The Bertz CT molecular complexity index is 961. The van der Waals surface area contributed by atoms with Crippen LogP contribution in [-0.2, 0) is 11.3 Å². The van der Waals surface area contributed by atoms with Gasteiger partial charge < -0.3 is 18.9 Å². The van der Waals surface area contributed by atoms with Crippen LogP contribution in [0.1, 0.15) is 5.56 Å². The van der Waals surface area contributed by atoms with Crippen LogP contribution in [0.5, 0.6) is 5.75 Å². The van der Waals surface area contributed by atoms with Gasteiger partial charge in [-0.15, -0.1) is 0 Å². The summed E-state index contributed by atoms with van der Waals surface area (Å²) >= 11 is 0. The van der Waals surface area contributed by atoms with E-state index >= 15 is 0 Å². The Morgan fingerprint density at radius 2 is 2.00 bits per heavy atom. The Balaban J connectivity index is 1.31. The normalized spacial score (nSPS) is 21.9. The third-order valence-corrected chi connectivity index (χ3v) is 5.66. The van der Waals surface area contributed by atoms with Crippen molar-refractivity contribution in [2.75, 3.05) is 38.3 Å². The molecule has 5 rings (SSSR count). The van der Waals surface area contributed by atoms with E-state index in [2.05, 4.69) is 50.3 Å². The fourth-order valence-electron chi connectivity index (χ4n) is 4.15. The van der Waals surface area contributed by atoms with Gasteiger partial charge in [0.1, 0.15) is 5.75 Å². The molecule has 2 saturated heterocycles. The highest BCUT2D eigenvalue weighted by Crippen LogP contribution is 2.29. The van der Waals surface area contributed by atoms with Gasteiger partial charge in [0, 0.05) is 25.2 Å². The summed E-state index contributed by atoms with van der Waals surface area (Å²) in [6, 6.07) is 19.1. The third-order valence-electron chi connectivity index (χ3n) is 5.66. The first-order chi connectivity index (χ1) is 14.3. The number of fused-ring (bicyclic) bond motifs is 1. The monoisotopic (exact) mass is 392 g/mol. The van der Waals surface area contributed by atoms with Crippen molar-refractivity contribution in [3.63, 3.8) is 0 Å². The molecule has 0 spiro atoms. The zero-order valence-corrected chi connectivity index (χ0v) is 16.4. The molecule has 2 atom stereocenters. The van der Waals surface area contributed by atoms with Crippen LogP contribution in [0.2, 0.25) is 0 Å². The summed E-state index contributed by atoms with van der Waals surface area (Å²) in [6.07, 6.45) is 0.152. The minimum absolute atomic E-state index is 0.152. The predicted molar refractivity (Wildman–Crippen MR) is 109 cm³/mol. The van der Waals surface area contributed by atoms with E-state index in [0.29, 0.717) is 17.9 Å². The van der Waals surface area contributed by atoms with E-state index in [-0.39, 0.29) is 6.10 Å². The van der Waals surface area contributed by atoms with E-state index in [0.717, 1.165) is 44.1 Å². The summed E-state index contributed by atoms with van der Waals surface area (Å²) in [6.45, 7) is 4.19. The molecule has 0 amide bonds. The molecular formula is C22H24N4O3.